The summed E-state index contributed by atoms with van der Waals surface area (Å²) in [6, 6.07) is 2.61. The number of benzene rings is 1. The number of alkyl halides is 3. The molecule has 21 heavy (non-hydrogen) atoms. The van der Waals surface area contributed by atoms with Gasteiger partial charge in [0, 0.05) is 6.04 Å². The van der Waals surface area contributed by atoms with Crippen LogP contribution < -0.4 is 11.3 Å². The van der Waals surface area contributed by atoms with E-state index in [1.165, 1.54) is 6.07 Å². The van der Waals surface area contributed by atoms with E-state index in [1.807, 2.05) is 0 Å². The molecule has 1 atom stereocenters. The molecule has 6 heteroatoms. The fourth-order valence-corrected chi connectivity index (χ4v) is 3.42. The minimum Gasteiger partial charge on any atom is -0.271 e. The molecule has 1 unspecified atom stereocenters. The molecule has 0 spiro atoms. The van der Waals surface area contributed by atoms with E-state index in [1.54, 1.807) is 0 Å². The summed E-state index contributed by atoms with van der Waals surface area (Å²) in [6.07, 6.45) is -4.69. The molecule has 2 rings (SSSR count). The average Bonchev–Trinajstić information content (AvgIpc) is 2.71. The van der Waals surface area contributed by atoms with E-state index in [0.29, 0.717) is 5.56 Å². The molecule has 118 valence electrons. The molecule has 2 nitrogen and oxygen atoms in total. The number of rotatable bonds is 3. The summed E-state index contributed by atoms with van der Waals surface area (Å²) in [4.78, 5) is 0. The third kappa shape index (κ3) is 2.44. The molecule has 1 aromatic carbocycles. The molecule has 1 saturated carbocycles. The van der Waals surface area contributed by atoms with Crippen molar-refractivity contribution in [2.24, 2.45) is 22.6 Å². The van der Waals surface area contributed by atoms with E-state index in [0.717, 1.165) is 12.1 Å². The topological polar surface area (TPSA) is 38.0 Å². The van der Waals surface area contributed by atoms with Crippen LogP contribution in [-0.4, -0.2) is 0 Å². The quantitative estimate of drug-likeness (QED) is 0.502. The third-order valence-electron chi connectivity index (χ3n) is 5.30. The van der Waals surface area contributed by atoms with Gasteiger partial charge in [-0.15, -0.1) is 0 Å². The van der Waals surface area contributed by atoms with Gasteiger partial charge in [0.25, 0.3) is 0 Å². The highest BCUT2D eigenvalue weighted by Crippen LogP contribution is 2.72. The van der Waals surface area contributed by atoms with Crippen LogP contribution in [0.5, 0.6) is 0 Å². The molecule has 3 N–H and O–H groups in total. The summed E-state index contributed by atoms with van der Waals surface area (Å²) in [5.41, 5.74) is 1.76. The summed E-state index contributed by atoms with van der Waals surface area (Å²) in [5.74, 6) is 4.42. The Morgan fingerprint density at radius 2 is 1.67 bits per heavy atom. The van der Waals surface area contributed by atoms with Crippen LogP contribution in [0.3, 0.4) is 0 Å². The Hall–Kier alpha value is -1.14. The molecule has 1 aliphatic carbocycles. The zero-order valence-electron chi connectivity index (χ0n) is 12.5. The second-order valence-electron chi connectivity index (χ2n) is 6.80. The standard InChI is InChI=1S/C15H20F4N2/c1-13(2)12(14(13,3)4)11(21-20)8-5-6-9(10(16)7-8)15(17,18)19/h5-7,11-12,21H,20H2,1-4H3. The minimum atomic E-state index is -4.69. The second-order valence-corrected chi connectivity index (χ2v) is 6.80. The fraction of sp³-hybridized carbons (Fsp3) is 0.600. The zero-order chi connectivity index (χ0) is 16.2. The monoisotopic (exact) mass is 304 g/mol. The van der Waals surface area contributed by atoms with E-state index >= 15 is 0 Å². The second kappa shape index (κ2) is 4.68. The van der Waals surface area contributed by atoms with Crippen molar-refractivity contribution in [3.8, 4) is 0 Å². The maximum atomic E-state index is 13.7. The van der Waals surface area contributed by atoms with Crippen molar-refractivity contribution in [2.75, 3.05) is 0 Å². The summed E-state index contributed by atoms with van der Waals surface area (Å²) in [5, 5.41) is 0. The molecular formula is C15H20F4N2. The predicted molar refractivity (Wildman–Crippen MR) is 72.5 cm³/mol. The first kappa shape index (κ1) is 16.2. The van der Waals surface area contributed by atoms with Gasteiger partial charge in [-0.2, -0.15) is 13.2 Å². The van der Waals surface area contributed by atoms with Crippen molar-refractivity contribution in [1.29, 1.82) is 0 Å². The number of hydrogen-bond acceptors (Lipinski definition) is 2. The van der Waals surface area contributed by atoms with Crippen molar-refractivity contribution >= 4 is 0 Å². The number of hydrazine groups is 1. The Kier molecular flexibility index (Phi) is 3.62. The van der Waals surface area contributed by atoms with Crippen LogP contribution in [0.2, 0.25) is 0 Å². The SMILES string of the molecule is CC1(C)C(C(NN)c2ccc(C(F)(F)F)c(F)c2)C1(C)C. The average molecular weight is 304 g/mol. The lowest BCUT2D eigenvalue weighted by molar-refractivity contribution is -0.140. The first-order valence-electron chi connectivity index (χ1n) is 6.77. The summed E-state index contributed by atoms with van der Waals surface area (Å²) >= 11 is 0. The summed E-state index contributed by atoms with van der Waals surface area (Å²) in [6.45, 7) is 8.29. The van der Waals surface area contributed by atoms with Crippen molar-refractivity contribution in [3.63, 3.8) is 0 Å². The van der Waals surface area contributed by atoms with Gasteiger partial charge in [-0.05, 0) is 34.4 Å². The van der Waals surface area contributed by atoms with E-state index in [4.69, 9.17) is 5.84 Å². The van der Waals surface area contributed by atoms with Gasteiger partial charge in [0.15, 0.2) is 0 Å². The zero-order valence-corrected chi connectivity index (χ0v) is 12.5. The highest BCUT2D eigenvalue weighted by atomic mass is 19.4. The van der Waals surface area contributed by atoms with Gasteiger partial charge in [-0.3, -0.25) is 11.3 Å². The molecule has 1 fully saturated rings. The van der Waals surface area contributed by atoms with Gasteiger partial charge >= 0.3 is 6.18 Å². The van der Waals surface area contributed by atoms with Crippen LogP contribution >= 0.6 is 0 Å². The maximum absolute atomic E-state index is 13.7. The van der Waals surface area contributed by atoms with Crippen molar-refractivity contribution < 1.29 is 17.6 Å². The maximum Gasteiger partial charge on any atom is 0.419 e. The highest BCUT2D eigenvalue weighted by molar-refractivity contribution is 5.32. The van der Waals surface area contributed by atoms with Crippen molar-refractivity contribution in [3.05, 3.63) is 35.1 Å². The first-order chi connectivity index (χ1) is 9.44. The lowest BCUT2D eigenvalue weighted by atomic mass is 9.96. The smallest absolute Gasteiger partial charge is 0.271 e. The van der Waals surface area contributed by atoms with Crippen LogP contribution in [0.1, 0.15) is 44.9 Å². The van der Waals surface area contributed by atoms with Crippen LogP contribution in [0.15, 0.2) is 18.2 Å². The lowest BCUT2D eigenvalue weighted by Gasteiger charge is -2.20. The van der Waals surface area contributed by atoms with E-state index < -0.39 is 17.6 Å². The molecule has 0 aromatic heterocycles. The van der Waals surface area contributed by atoms with Crippen LogP contribution in [0, 0.1) is 22.6 Å². The molecule has 0 amide bonds. The van der Waals surface area contributed by atoms with E-state index in [2.05, 4.69) is 33.1 Å². The third-order valence-corrected chi connectivity index (χ3v) is 5.30. The van der Waals surface area contributed by atoms with Gasteiger partial charge in [0.1, 0.15) is 5.82 Å². The Balaban J connectivity index is 2.36. The van der Waals surface area contributed by atoms with E-state index in [9.17, 15) is 17.6 Å². The van der Waals surface area contributed by atoms with E-state index in [-0.39, 0.29) is 22.8 Å². The lowest BCUT2D eigenvalue weighted by Crippen LogP contribution is -2.31. The Morgan fingerprint density at radius 3 is 2.00 bits per heavy atom. The van der Waals surface area contributed by atoms with Gasteiger partial charge in [0.2, 0.25) is 0 Å². The van der Waals surface area contributed by atoms with Gasteiger partial charge in [-0.25, -0.2) is 4.39 Å². The van der Waals surface area contributed by atoms with Gasteiger partial charge in [0.05, 0.1) is 5.56 Å². The Labute approximate surface area is 121 Å². The molecule has 0 heterocycles. The molecular weight excluding hydrogens is 284 g/mol. The van der Waals surface area contributed by atoms with Gasteiger partial charge in [-0.1, -0.05) is 33.8 Å². The minimum absolute atomic E-state index is 0.0246. The van der Waals surface area contributed by atoms with Crippen LogP contribution in [0.25, 0.3) is 0 Å². The molecule has 0 saturated heterocycles. The molecule has 1 aliphatic rings. The van der Waals surface area contributed by atoms with Crippen molar-refractivity contribution in [1.82, 2.24) is 5.43 Å². The number of nitrogens with one attached hydrogen (secondary N) is 1. The molecule has 0 aliphatic heterocycles. The van der Waals surface area contributed by atoms with Gasteiger partial charge < -0.3 is 0 Å². The summed E-state index contributed by atoms with van der Waals surface area (Å²) in [7, 11) is 0. The first-order valence-corrected chi connectivity index (χ1v) is 6.77. The number of halogens is 4. The fourth-order valence-electron chi connectivity index (χ4n) is 3.42. The molecule has 1 aromatic rings. The largest absolute Gasteiger partial charge is 0.419 e. The Morgan fingerprint density at radius 1 is 1.14 bits per heavy atom. The summed E-state index contributed by atoms with van der Waals surface area (Å²) < 4.78 is 51.5. The van der Waals surface area contributed by atoms with Crippen LogP contribution in [0.4, 0.5) is 17.6 Å². The predicted octanol–water partition coefficient (Wildman–Crippen LogP) is 4.03. The molecule has 0 bridgehead atoms. The Bertz CT molecular complexity index is 535. The normalized spacial score (nSPS) is 22.1. The highest BCUT2D eigenvalue weighted by Gasteiger charge is 2.67. The number of hydrogen-bond donors (Lipinski definition) is 2. The molecule has 0 radical (unpaired) electrons. The van der Waals surface area contributed by atoms with Crippen LogP contribution in [-0.2, 0) is 6.18 Å². The number of nitrogens with two attached hydrogens (primary N) is 1. The van der Waals surface area contributed by atoms with Crippen molar-refractivity contribution in [2.45, 2.75) is 39.9 Å².